The quantitative estimate of drug-likeness (QED) is 0.783. The molecule has 1 N–H and O–H groups in total. The Balaban J connectivity index is 1.46. The van der Waals surface area contributed by atoms with Gasteiger partial charge >= 0.3 is 0 Å². The van der Waals surface area contributed by atoms with Gasteiger partial charge in [-0.05, 0) is 39.2 Å². The molecule has 0 aliphatic carbocycles. The third-order valence-electron chi connectivity index (χ3n) is 4.60. The molecule has 3 rings (SSSR count). The Labute approximate surface area is 158 Å². The van der Waals surface area contributed by atoms with Crippen LogP contribution in [0.3, 0.4) is 0 Å². The van der Waals surface area contributed by atoms with E-state index in [1.165, 1.54) is 6.42 Å². The lowest BCUT2D eigenvalue weighted by atomic mass is 10.1. The van der Waals surface area contributed by atoms with E-state index in [0.717, 1.165) is 37.3 Å². The van der Waals surface area contributed by atoms with Crippen molar-refractivity contribution < 1.29 is 14.0 Å². The van der Waals surface area contributed by atoms with E-state index in [0.29, 0.717) is 24.7 Å². The molecule has 146 valence electrons. The summed E-state index contributed by atoms with van der Waals surface area (Å²) in [7, 11) is 0. The molecule has 2 amide bonds. The molecule has 9 heteroatoms. The second kappa shape index (κ2) is 8.79. The molecule has 0 aromatic carbocycles. The SMILES string of the molecule is CCn1nc(C)cc1-c1nnc(CCC(=O)NCC(=O)N2CCCCC2)o1. The zero-order chi connectivity index (χ0) is 19.2. The number of hydrogen-bond donors (Lipinski definition) is 1. The van der Waals surface area contributed by atoms with E-state index in [9.17, 15) is 9.59 Å². The molecular formula is C18H26N6O3. The monoisotopic (exact) mass is 374 g/mol. The number of piperidine rings is 1. The molecule has 0 unspecified atom stereocenters. The van der Waals surface area contributed by atoms with Crippen LogP contribution in [-0.2, 0) is 22.6 Å². The van der Waals surface area contributed by atoms with Crippen molar-refractivity contribution in [2.45, 2.75) is 52.5 Å². The van der Waals surface area contributed by atoms with Crippen molar-refractivity contribution in [2.75, 3.05) is 19.6 Å². The van der Waals surface area contributed by atoms with Crippen LogP contribution in [0.25, 0.3) is 11.6 Å². The molecule has 2 aromatic heterocycles. The average molecular weight is 374 g/mol. The van der Waals surface area contributed by atoms with Crippen LogP contribution in [0.4, 0.5) is 0 Å². The summed E-state index contributed by atoms with van der Waals surface area (Å²) in [5.41, 5.74) is 1.65. The number of likely N-dealkylation sites (tertiary alicyclic amines) is 1. The van der Waals surface area contributed by atoms with Gasteiger partial charge in [0.05, 0.1) is 12.2 Å². The van der Waals surface area contributed by atoms with Crippen molar-refractivity contribution in [3.05, 3.63) is 17.7 Å². The number of carbonyl (C=O) groups excluding carboxylic acids is 2. The van der Waals surface area contributed by atoms with Crippen molar-refractivity contribution in [3.8, 4) is 11.6 Å². The number of amides is 2. The van der Waals surface area contributed by atoms with Crippen LogP contribution in [-0.4, -0.2) is 56.3 Å². The lowest BCUT2D eigenvalue weighted by Crippen LogP contribution is -2.42. The first-order chi connectivity index (χ1) is 13.1. The zero-order valence-electron chi connectivity index (χ0n) is 15.9. The number of nitrogens with one attached hydrogen (secondary N) is 1. The fourth-order valence-electron chi connectivity index (χ4n) is 3.16. The van der Waals surface area contributed by atoms with Gasteiger partial charge in [-0.3, -0.25) is 14.3 Å². The number of rotatable bonds is 7. The van der Waals surface area contributed by atoms with Crippen molar-refractivity contribution in [1.29, 1.82) is 0 Å². The van der Waals surface area contributed by atoms with Crippen LogP contribution in [0.1, 0.15) is 44.2 Å². The van der Waals surface area contributed by atoms with Gasteiger partial charge in [-0.25, -0.2) is 0 Å². The number of aryl methyl sites for hydroxylation is 3. The Bertz CT molecular complexity index is 791. The van der Waals surface area contributed by atoms with Gasteiger partial charge in [-0.2, -0.15) is 5.10 Å². The summed E-state index contributed by atoms with van der Waals surface area (Å²) >= 11 is 0. The summed E-state index contributed by atoms with van der Waals surface area (Å²) in [6.45, 7) is 6.21. The maximum Gasteiger partial charge on any atom is 0.265 e. The molecule has 9 nitrogen and oxygen atoms in total. The van der Waals surface area contributed by atoms with Crippen LogP contribution in [0.2, 0.25) is 0 Å². The number of carbonyl (C=O) groups is 2. The fraction of sp³-hybridized carbons (Fsp3) is 0.611. The van der Waals surface area contributed by atoms with Gasteiger partial charge in [0.15, 0.2) is 0 Å². The first-order valence-corrected chi connectivity index (χ1v) is 9.48. The van der Waals surface area contributed by atoms with Gasteiger partial charge < -0.3 is 14.6 Å². The number of aromatic nitrogens is 4. The van der Waals surface area contributed by atoms with Crippen LogP contribution in [0, 0.1) is 6.92 Å². The third-order valence-corrected chi connectivity index (χ3v) is 4.60. The van der Waals surface area contributed by atoms with Crippen molar-refractivity contribution in [2.24, 2.45) is 0 Å². The highest BCUT2D eigenvalue weighted by atomic mass is 16.4. The molecule has 2 aromatic rings. The van der Waals surface area contributed by atoms with E-state index in [2.05, 4.69) is 20.6 Å². The van der Waals surface area contributed by atoms with E-state index >= 15 is 0 Å². The zero-order valence-corrected chi connectivity index (χ0v) is 15.9. The molecule has 1 aliphatic heterocycles. The van der Waals surface area contributed by atoms with Gasteiger partial charge in [-0.15, -0.1) is 10.2 Å². The lowest BCUT2D eigenvalue weighted by molar-refractivity contribution is -0.133. The molecule has 1 saturated heterocycles. The summed E-state index contributed by atoms with van der Waals surface area (Å²) in [4.78, 5) is 25.9. The standard InChI is InChI=1S/C18H26N6O3/c1-3-24-14(11-13(2)22-24)18-21-20-16(27-18)8-7-15(25)19-12-17(26)23-9-5-4-6-10-23/h11H,3-10,12H2,1-2H3,(H,19,25). The highest BCUT2D eigenvalue weighted by Gasteiger charge is 2.18. The largest absolute Gasteiger partial charge is 0.419 e. The Morgan fingerprint density at radius 3 is 2.74 bits per heavy atom. The molecule has 3 heterocycles. The van der Waals surface area contributed by atoms with E-state index in [1.807, 2.05) is 24.8 Å². The summed E-state index contributed by atoms with van der Waals surface area (Å²) in [5.74, 6) is 0.568. The number of nitrogens with zero attached hydrogens (tertiary/aromatic N) is 5. The first-order valence-electron chi connectivity index (χ1n) is 9.48. The predicted octanol–water partition coefficient (Wildman–Crippen LogP) is 1.32. The van der Waals surface area contributed by atoms with Gasteiger partial charge in [0.25, 0.3) is 5.89 Å². The smallest absolute Gasteiger partial charge is 0.265 e. The molecule has 0 atom stereocenters. The van der Waals surface area contributed by atoms with Crippen molar-refractivity contribution in [3.63, 3.8) is 0 Å². The Hall–Kier alpha value is -2.71. The van der Waals surface area contributed by atoms with Gasteiger partial charge in [0, 0.05) is 32.5 Å². The third kappa shape index (κ3) is 4.93. The van der Waals surface area contributed by atoms with Crippen LogP contribution >= 0.6 is 0 Å². The topological polar surface area (TPSA) is 106 Å². The number of hydrogen-bond acceptors (Lipinski definition) is 6. The maximum absolute atomic E-state index is 12.1. The highest BCUT2D eigenvalue weighted by molar-refractivity contribution is 5.84. The van der Waals surface area contributed by atoms with Crippen LogP contribution in [0.15, 0.2) is 10.5 Å². The molecule has 0 spiro atoms. The van der Waals surface area contributed by atoms with Gasteiger partial charge in [0.2, 0.25) is 17.7 Å². The summed E-state index contributed by atoms with van der Waals surface area (Å²) in [5, 5.41) is 15.1. The highest BCUT2D eigenvalue weighted by Crippen LogP contribution is 2.19. The van der Waals surface area contributed by atoms with Gasteiger partial charge in [0.1, 0.15) is 5.69 Å². The van der Waals surface area contributed by atoms with Crippen molar-refractivity contribution in [1.82, 2.24) is 30.2 Å². The maximum atomic E-state index is 12.1. The Morgan fingerprint density at radius 2 is 2.00 bits per heavy atom. The van der Waals surface area contributed by atoms with E-state index in [-0.39, 0.29) is 24.8 Å². The van der Waals surface area contributed by atoms with Gasteiger partial charge in [-0.1, -0.05) is 0 Å². The fourth-order valence-corrected chi connectivity index (χ4v) is 3.16. The van der Waals surface area contributed by atoms with E-state index < -0.39 is 0 Å². The predicted molar refractivity (Wildman–Crippen MR) is 97.7 cm³/mol. The first kappa shape index (κ1) is 19.1. The van der Waals surface area contributed by atoms with E-state index in [1.54, 1.807) is 4.68 Å². The Kier molecular flexibility index (Phi) is 6.20. The molecule has 0 bridgehead atoms. The molecule has 0 radical (unpaired) electrons. The summed E-state index contributed by atoms with van der Waals surface area (Å²) in [6.07, 6.45) is 3.77. The average Bonchev–Trinajstić information content (AvgIpc) is 3.31. The second-order valence-corrected chi connectivity index (χ2v) is 6.71. The summed E-state index contributed by atoms with van der Waals surface area (Å²) < 4.78 is 7.46. The second-order valence-electron chi connectivity index (χ2n) is 6.71. The van der Waals surface area contributed by atoms with E-state index in [4.69, 9.17) is 4.42 Å². The molecule has 0 saturated carbocycles. The minimum absolute atomic E-state index is 0.0219. The molecule has 1 aliphatic rings. The van der Waals surface area contributed by atoms with Crippen molar-refractivity contribution >= 4 is 11.8 Å². The van der Waals surface area contributed by atoms with Crippen LogP contribution in [0.5, 0.6) is 0 Å². The molecular weight excluding hydrogens is 348 g/mol. The molecule has 27 heavy (non-hydrogen) atoms. The normalized spacial score (nSPS) is 14.4. The summed E-state index contributed by atoms with van der Waals surface area (Å²) in [6, 6.07) is 1.89. The minimum atomic E-state index is -0.199. The Morgan fingerprint density at radius 1 is 1.22 bits per heavy atom. The lowest BCUT2D eigenvalue weighted by Gasteiger charge is -2.26. The molecule has 1 fully saturated rings. The van der Waals surface area contributed by atoms with Crippen LogP contribution < -0.4 is 5.32 Å². The minimum Gasteiger partial charge on any atom is -0.419 e.